The van der Waals surface area contributed by atoms with E-state index >= 15 is 0 Å². The molecule has 26 heavy (non-hydrogen) atoms. The minimum atomic E-state index is -0.556. The van der Waals surface area contributed by atoms with Gasteiger partial charge < -0.3 is 15.4 Å². The molecule has 136 valence electrons. The molecule has 0 saturated carbocycles. The van der Waals surface area contributed by atoms with Crippen LogP contribution in [0, 0.1) is 10.1 Å². The SMILES string of the molecule is COc1ccc([N+](=O)[O-])cc1NC(=O)CC(NC(C)=O)c1ccccc1. The highest BCUT2D eigenvalue weighted by Crippen LogP contribution is 2.29. The molecule has 0 aromatic heterocycles. The van der Waals surface area contributed by atoms with Crippen molar-refractivity contribution in [1.82, 2.24) is 5.32 Å². The number of carbonyl (C=O) groups is 2. The number of amides is 2. The van der Waals surface area contributed by atoms with Crippen LogP contribution in [0.5, 0.6) is 5.75 Å². The minimum absolute atomic E-state index is 0.0323. The molecule has 8 nitrogen and oxygen atoms in total. The molecule has 0 spiro atoms. The third-order valence-corrected chi connectivity index (χ3v) is 3.64. The molecule has 1 atom stereocenters. The molecular weight excluding hydrogens is 338 g/mol. The van der Waals surface area contributed by atoms with Crippen molar-refractivity contribution in [3.05, 3.63) is 64.2 Å². The van der Waals surface area contributed by atoms with Crippen LogP contribution in [0.2, 0.25) is 0 Å². The Labute approximate surface area is 150 Å². The summed E-state index contributed by atoms with van der Waals surface area (Å²) in [5, 5.41) is 16.3. The minimum Gasteiger partial charge on any atom is -0.495 e. The Morgan fingerprint density at radius 3 is 2.46 bits per heavy atom. The first-order valence-electron chi connectivity index (χ1n) is 7.85. The number of nitro benzene ring substituents is 1. The first-order valence-corrected chi connectivity index (χ1v) is 7.85. The summed E-state index contributed by atoms with van der Waals surface area (Å²) in [6.45, 7) is 1.37. The van der Waals surface area contributed by atoms with Crippen molar-refractivity contribution >= 4 is 23.2 Å². The third-order valence-electron chi connectivity index (χ3n) is 3.64. The largest absolute Gasteiger partial charge is 0.495 e. The lowest BCUT2D eigenvalue weighted by molar-refractivity contribution is -0.384. The number of nitro groups is 1. The van der Waals surface area contributed by atoms with Crippen LogP contribution in [0.1, 0.15) is 24.9 Å². The fourth-order valence-corrected chi connectivity index (χ4v) is 2.48. The Hall–Kier alpha value is -3.42. The van der Waals surface area contributed by atoms with Crippen LogP contribution in [0.3, 0.4) is 0 Å². The molecule has 2 aromatic rings. The number of methoxy groups -OCH3 is 1. The molecule has 2 rings (SSSR count). The van der Waals surface area contributed by atoms with Crippen molar-refractivity contribution in [2.45, 2.75) is 19.4 Å². The first-order chi connectivity index (χ1) is 12.4. The zero-order valence-electron chi connectivity index (χ0n) is 14.4. The van der Waals surface area contributed by atoms with Crippen LogP contribution in [0.4, 0.5) is 11.4 Å². The summed E-state index contributed by atoms with van der Waals surface area (Å²) in [4.78, 5) is 34.3. The van der Waals surface area contributed by atoms with Crippen LogP contribution >= 0.6 is 0 Å². The zero-order chi connectivity index (χ0) is 19.1. The predicted molar refractivity (Wildman–Crippen MR) is 95.9 cm³/mol. The van der Waals surface area contributed by atoms with Crippen LogP contribution < -0.4 is 15.4 Å². The maximum Gasteiger partial charge on any atom is 0.271 e. The van der Waals surface area contributed by atoms with Crippen LogP contribution in [0.15, 0.2) is 48.5 Å². The van der Waals surface area contributed by atoms with E-state index in [2.05, 4.69) is 10.6 Å². The molecule has 0 aliphatic heterocycles. The summed E-state index contributed by atoms with van der Waals surface area (Å²) in [7, 11) is 1.40. The van der Waals surface area contributed by atoms with Gasteiger partial charge in [0.2, 0.25) is 11.8 Å². The van der Waals surface area contributed by atoms with Crippen molar-refractivity contribution in [2.24, 2.45) is 0 Å². The van der Waals surface area contributed by atoms with Crippen molar-refractivity contribution < 1.29 is 19.2 Å². The van der Waals surface area contributed by atoms with Gasteiger partial charge in [0.05, 0.1) is 30.2 Å². The highest BCUT2D eigenvalue weighted by molar-refractivity contribution is 5.93. The number of benzene rings is 2. The standard InChI is InChI=1S/C18H19N3O5/c1-12(22)19-15(13-6-4-3-5-7-13)11-18(23)20-16-10-14(21(24)25)8-9-17(16)26-2/h3-10,15H,11H2,1-2H3,(H,19,22)(H,20,23). The van der Waals surface area contributed by atoms with Crippen LogP contribution in [0.25, 0.3) is 0 Å². The average molecular weight is 357 g/mol. The van der Waals surface area contributed by atoms with Gasteiger partial charge in [-0.25, -0.2) is 0 Å². The molecule has 1 unspecified atom stereocenters. The summed E-state index contributed by atoms with van der Waals surface area (Å²) in [6, 6.07) is 12.5. The van der Waals surface area contributed by atoms with E-state index in [1.165, 1.54) is 32.2 Å². The molecule has 0 aliphatic carbocycles. The van der Waals surface area contributed by atoms with Gasteiger partial charge in [0.25, 0.3) is 5.69 Å². The summed E-state index contributed by atoms with van der Waals surface area (Å²) in [5.41, 5.74) is 0.813. The Bertz CT molecular complexity index is 808. The number of anilines is 1. The smallest absolute Gasteiger partial charge is 0.271 e. The Morgan fingerprint density at radius 1 is 1.19 bits per heavy atom. The van der Waals surface area contributed by atoms with E-state index in [0.29, 0.717) is 5.75 Å². The zero-order valence-corrected chi connectivity index (χ0v) is 14.4. The summed E-state index contributed by atoms with van der Waals surface area (Å²) < 4.78 is 5.13. The molecule has 0 bridgehead atoms. The van der Waals surface area contributed by atoms with Gasteiger partial charge in [0.15, 0.2) is 0 Å². The van der Waals surface area contributed by atoms with E-state index in [1.807, 2.05) is 30.3 Å². The maximum absolute atomic E-state index is 12.4. The summed E-state index contributed by atoms with van der Waals surface area (Å²) in [5.74, 6) is -0.370. The van der Waals surface area contributed by atoms with Crippen molar-refractivity contribution in [3.8, 4) is 5.75 Å². The number of ether oxygens (including phenoxy) is 1. The van der Waals surface area contributed by atoms with Crippen molar-refractivity contribution in [1.29, 1.82) is 0 Å². The lowest BCUT2D eigenvalue weighted by Crippen LogP contribution is -2.29. The molecule has 0 aliphatic rings. The van der Waals surface area contributed by atoms with E-state index in [0.717, 1.165) is 5.56 Å². The summed E-state index contributed by atoms with van der Waals surface area (Å²) in [6.07, 6.45) is -0.0323. The van der Waals surface area contributed by atoms with E-state index in [4.69, 9.17) is 4.74 Å². The predicted octanol–water partition coefficient (Wildman–Crippen LogP) is 2.81. The van der Waals surface area contributed by atoms with Gasteiger partial charge in [-0.05, 0) is 11.6 Å². The molecule has 2 aromatic carbocycles. The molecule has 0 fully saturated rings. The monoisotopic (exact) mass is 357 g/mol. The number of carbonyl (C=O) groups excluding carboxylic acids is 2. The fourth-order valence-electron chi connectivity index (χ4n) is 2.48. The molecule has 0 radical (unpaired) electrons. The van der Waals surface area contributed by atoms with Gasteiger partial charge in [0.1, 0.15) is 5.75 Å². The van der Waals surface area contributed by atoms with Crippen molar-refractivity contribution in [3.63, 3.8) is 0 Å². The van der Waals surface area contributed by atoms with Crippen LogP contribution in [-0.2, 0) is 9.59 Å². The molecular formula is C18H19N3O5. The first kappa shape index (κ1) is 18.9. The Balaban J connectivity index is 2.19. The quantitative estimate of drug-likeness (QED) is 0.585. The number of nitrogens with zero attached hydrogens (tertiary/aromatic N) is 1. The van der Waals surface area contributed by atoms with E-state index in [1.54, 1.807) is 0 Å². The molecule has 2 amide bonds. The van der Waals surface area contributed by atoms with Gasteiger partial charge in [-0.3, -0.25) is 19.7 Å². The van der Waals surface area contributed by atoms with E-state index < -0.39 is 16.9 Å². The molecule has 2 N–H and O–H groups in total. The van der Waals surface area contributed by atoms with E-state index in [9.17, 15) is 19.7 Å². The van der Waals surface area contributed by atoms with Crippen LogP contribution in [-0.4, -0.2) is 23.8 Å². The lowest BCUT2D eigenvalue weighted by atomic mass is 10.0. The van der Waals surface area contributed by atoms with Crippen molar-refractivity contribution in [2.75, 3.05) is 12.4 Å². The second-order valence-corrected chi connectivity index (χ2v) is 5.56. The fraction of sp³-hybridized carbons (Fsp3) is 0.222. The van der Waals surface area contributed by atoms with Gasteiger partial charge in [-0.2, -0.15) is 0 Å². The Kier molecular flexibility index (Phi) is 6.26. The van der Waals surface area contributed by atoms with Gasteiger partial charge in [0, 0.05) is 19.1 Å². The maximum atomic E-state index is 12.4. The molecule has 8 heteroatoms. The number of hydrogen-bond acceptors (Lipinski definition) is 5. The van der Waals surface area contributed by atoms with Gasteiger partial charge in [-0.15, -0.1) is 0 Å². The normalized spacial score (nSPS) is 11.3. The number of rotatable bonds is 7. The summed E-state index contributed by atoms with van der Waals surface area (Å²) >= 11 is 0. The number of hydrogen-bond donors (Lipinski definition) is 2. The second-order valence-electron chi connectivity index (χ2n) is 5.56. The highest BCUT2D eigenvalue weighted by atomic mass is 16.6. The van der Waals surface area contributed by atoms with Gasteiger partial charge >= 0.3 is 0 Å². The topological polar surface area (TPSA) is 111 Å². The third kappa shape index (κ3) is 5.04. The van der Waals surface area contributed by atoms with E-state index in [-0.39, 0.29) is 23.7 Å². The highest BCUT2D eigenvalue weighted by Gasteiger charge is 2.19. The lowest BCUT2D eigenvalue weighted by Gasteiger charge is -2.18. The molecule has 0 heterocycles. The second kappa shape index (κ2) is 8.61. The Morgan fingerprint density at radius 2 is 1.88 bits per heavy atom. The number of non-ortho nitro benzene ring substituents is 1. The average Bonchev–Trinajstić information content (AvgIpc) is 2.61. The number of nitrogens with one attached hydrogen (secondary N) is 2. The van der Waals surface area contributed by atoms with Gasteiger partial charge in [-0.1, -0.05) is 30.3 Å². The molecule has 0 saturated heterocycles.